The fraction of sp³-hybridized carbons (Fsp3) is 0.158. The third-order valence-electron chi connectivity index (χ3n) is 4.12. The molecule has 2 aromatic rings. The van der Waals surface area contributed by atoms with Crippen LogP contribution in [0.25, 0.3) is 0 Å². The molecular weight excluding hydrogens is 386 g/mol. The minimum Gasteiger partial charge on any atom is -0.503 e. The lowest BCUT2D eigenvalue weighted by molar-refractivity contribution is -0.117. The van der Waals surface area contributed by atoms with Crippen LogP contribution in [-0.4, -0.2) is 23.9 Å². The van der Waals surface area contributed by atoms with Crippen LogP contribution in [0.3, 0.4) is 0 Å². The van der Waals surface area contributed by atoms with Crippen molar-refractivity contribution in [1.82, 2.24) is 0 Å². The number of hydrogen-bond donors (Lipinski definition) is 1. The molecule has 1 amide bonds. The summed E-state index contributed by atoms with van der Waals surface area (Å²) in [6.45, 7) is 1.35. The van der Waals surface area contributed by atoms with Gasteiger partial charge in [-0.3, -0.25) is 14.5 Å². The number of carbonyl (C=O) groups is 2. The molecule has 1 aliphatic rings. The number of aliphatic hydroxyl groups excluding tert-OH is 1. The van der Waals surface area contributed by atoms with Gasteiger partial charge in [0, 0.05) is 10.2 Å². The van der Waals surface area contributed by atoms with Gasteiger partial charge in [-0.1, -0.05) is 28.1 Å². The van der Waals surface area contributed by atoms with E-state index in [1.807, 2.05) is 24.3 Å². The lowest BCUT2D eigenvalue weighted by Gasteiger charge is -2.26. The largest absolute Gasteiger partial charge is 0.503 e. The molecule has 0 spiro atoms. The van der Waals surface area contributed by atoms with Crippen LogP contribution in [0.4, 0.5) is 5.69 Å². The van der Waals surface area contributed by atoms with Gasteiger partial charge in [-0.2, -0.15) is 0 Å². The van der Waals surface area contributed by atoms with Crippen LogP contribution in [0.15, 0.2) is 64.3 Å². The first-order valence-corrected chi connectivity index (χ1v) is 8.40. The minimum atomic E-state index is -0.675. The maximum absolute atomic E-state index is 12.7. The summed E-state index contributed by atoms with van der Waals surface area (Å²) >= 11 is 3.37. The van der Waals surface area contributed by atoms with E-state index in [1.54, 1.807) is 31.4 Å². The Balaban J connectivity index is 2.13. The summed E-state index contributed by atoms with van der Waals surface area (Å²) in [4.78, 5) is 26.2. The molecule has 3 rings (SSSR count). The van der Waals surface area contributed by atoms with Crippen molar-refractivity contribution < 1.29 is 19.4 Å². The maximum atomic E-state index is 12.7. The molecule has 0 bridgehead atoms. The Morgan fingerprint density at radius 1 is 1.12 bits per heavy atom. The monoisotopic (exact) mass is 401 g/mol. The summed E-state index contributed by atoms with van der Waals surface area (Å²) in [6, 6.07) is 13.5. The molecule has 6 heteroatoms. The lowest BCUT2D eigenvalue weighted by Crippen LogP contribution is -2.30. The highest BCUT2D eigenvalue weighted by Gasteiger charge is 2.43. The smallest absolute Gasteiger partial charge is 0.294 e. The molecule has 1 aliphatic heterocycles. The predicted molar refractivity (Wildman–Crippen MR) is 97.7 cm³/mol. The van der Waals surface area contributed by atoms with Gasteiger partial charge in [0.25, 0.3) is 5.91 Å². The second-order valence-electron chi connectivity index (χ2n) is 5.65. The molecule has 2 aromatic carbocycles. The average Bonchev–Trinajstić information content (AvgIpc) is 2.87. The summed E-state index contributed by atoms with van der Waals surface area (Å²) in [5.41, 5.74) is 1.41. The van der Waals surface area contributed by atoms with Crippen molar-refractivity contribution in [3.8, 4) is 5.75 Å². The Labute approximate surface area is 153 Å². The summed E-state index contributed by atoms with van der Waals surface area (Å²) < 4.78 is 6.02. The number of carbonyl (C=O) groups excluding carboxylic acids is 2. The zero-order valence-electron chi connectivity index (χ0n) is 13.7. The van der Waals surface area contributed by atoms with E-state index in [-0.39, 0.29) is 11.4 Å². The van der Waals surface area contributed by atoms with Gasteiger partial charge >= 0.3 is 0 Å². The molecule has 1 atom stereocenters. The SMILES string of the molecule is COc1ccc(N2C(=O)C(O)=C(C(C)=O)[C@@H]2c2ccc(Br)cc2)cc1. The van der Waals surface area contributed by atoms with Gasteiger partial charge < -0.3 is 9.84 Å². The predicted octanol–water partition coefficient (Wildman–Crippen LogP) is 3.95. The van der Waals surface area contributed by atoms with Crippen molar-refractivity contribution in [1.29, 1.82) is 0 Å². The Morgan fingerprint density at radius 3 is 2.24 bits per heavy atom. The van der Waals surface area contributed by atoms with Gasteiger partial charge in [0.1, 0.15) is 5.75 Å². The van der Waals surface area contributed by atoms with Crippen molar-refractivity contribution in [2.75, 3.05) is 12.0 Å². The highest BCUT2D eigenvalue weighted by atomic mass is 79.9. The molecule has 0 radical (unpaired) electrons. The van der Waals surface area contributed by atoms with Gasteiger partial charge in [-0.25, -0.2) is 0 Å². The van der Waals surface area contributed by atoms with Gasteiger partial charge in [0.05, 0.1) is 18.7 Å². The number of methoxy groups -OCH3 is 1. The second kappa shape index (κ2) is 6.72. The molecule has 0 fully saturated rings. The number of anilines is 1. The van der Waals surface area contributed by atoms with Gasteiger partial charge in [0.2, 0.25) is 0 Å². The molecule has 5 nitrogen and oxygen atoms in total. The Kier molecular flexibility index (Phi) is 4.63. The average molecular weight is 402 g/mol. The molecule has 0 saturated heterocycles. The zero-order chi connectivity index (χ0) is 18.1. The molecule has 1 heterocycles. The number of hydrogen-bond acceptors (Lipinski definition) is 4. The fourth-order valence-corrected chi connectivity index (χ4v) is 3.20. The standard InChI is InChI=1S/C19H16BrNO4/c1-11(22)16-17(12-3-5-13(20)6-4-12)21(19(24)18(16)23)14-7-9-15(25-2)10-8-14/h3-10,17,23H,1-2H3/t17-/m0/s1. The number of ether oxygens (including phenoxy) is 1. The van der Waals surface area contributed by atoms with Crippen LogP contribution in [-0.2, 0) is 9.59 Å². The number of benzene rings is 2. The van der Waals surface area contributed by atoms with Gasteiger partial charge in [-0.05, 0) is 48.9 Å². The van der Waals surface area contributed by atoms with E-state index in [0.717, 1.165) is 10.0 Å². The second-order valence-corrected chi connectivity index (χ2v) is 6.56. The van der Waals surface area contributed by atoms with E-state index >= 15 is 0 Å². The number of amides is 1. The lowest BCUT2D eigenvalue weighted by atomic mass is 9.96. The minimum absolute atomic E-state index is 0.100. The molecule has 1 N–H and O–H groups in total. The van der Waals surface area contributed by atoms with E-state index < -0.39 is 17.7 Å². The summed E-state index contributed by atoms with van der Waals surface area (Å²) in [7, 11) is 1.56. The molecule has 0 aliphatic carbocycles. The highest BCUT2D eigenvalue weighted by Crippen LogP contribution is 2.41. The third-order valence-corrected chi connectivity index (χ3v) is 4.65. The van der Waals surface area contributed by atoms with Crippen LogP contribution < -0.4 is 9.64 Å². The fourth-order valence-electron chi connectivity index (χ4n) is 2.93. The Hall–Kier alpha value is -2.60. The van der Waals surface area contributed by atoms with Crippen molar-refractivity contribution in [2.24, 2.45) is 0 Å². The topological polar surface area (TPSA) is 66.8 Å². The number of nitrogens with zero attached hydrogens (tertiary/aromatic N) is 1. The summed E-state index contributed by atoms with van der Waals surface area (Å²) in [6.07, 6.45) is 0. The molecular formula is C19H16BrNO4. The Morgan fingerprint density at radius 2 is 1.72 bits per heavy atom. The number of ketones is 1. The first-order chi connectivity index (χ1) is 11.9. The third kappa shape index (κ3) is 3.05. The quantitative estimate of drug-likeness (QED) is 0.841. The number of aliphatic hydroxyl groups is 1. The molecule has 0 unspecified atom stereocenters. The van der Waals surface area contributed by atoms with Crippen LogP contribution in [0.1, 0.15) is 18.5 Å². The normalized spacial score (nSPS) is 17.2. The van der Waals surface area contributed by atoms with Crippen molar-refractivity contribution in [2.45, 2.75) is 13.0 Å². The van der Waals surface area contributed by atoms with E-state index in [1.165, 1.54) is 11.8 Å². The summed E-state index contributed by atoms with van der Waals surface area (Å²) in [5, 5.41) is 10.3. The first kappa shape index (κ1) is 17.2. The van der Waals surface area contributed by atoms with E-state index in [9.17, 15) is 14.7 Å². The highest BCUT2D eigenvalue weighted by molar-refractivity contribution is 9.10. The molecule has 128 valence electrons. The van der Waals surface area contributed by atoms with Gasteiger partial charge in [-0.15, -0.1) is 0 Å². The zero-order valence-corrected chi connectivity index (χ0v) is 15.3. The Bertz CT molecular complexity index is 856. The number of Topliss-reactive ketones (excluding diaryl/α,β-unsaturated/α-hetero) is 1. The van der Waals surface area contributed by atoms with E-state index in [4.69, 9.17) is 4.74 Å². The van der Waals surface area contributed by atoms with E-state index in [2.05, 4.69) is 15.9 Å². The van der Waals surface area contributed by atoms with Gasteiger partial charge in [0.15, 0.2) is 11.5 Å². The molecule has 0 saturated carbocycles. The summed E-state index contributed by atoms with van der Waals surface area (Å²) in [5.74, 6) is -0.783. The first-order valence-electron chi connectivity index (χ1n) is 7.61. The number of rotatable bonds is 4. The maximum Gasteiger partial charge on any atom is 0.294 e. The van der Waals surface area contributed by atoms with Crippen LogP contribution in [0, 0.1) is 0 Å². The molecule has 0 aromatic heterocycles. The van der Waals surface area contributed by atoms with Crippen LogP contribution >= 0.6 is 15.9 Å². The van der Waals surface area contributed by atoms with Crippen LogP contribution in [0.5, 0.6) is 5.75 Å². The van der Waals surface area contributed by atoms with E-state index in [0.29, 0.717) is 11.4 Å². The van der Waals surface area contributed by atoms with Crippen molar-refractivity contribution in [3.05, 3.63) is 69.9 Å². The molecule has 25 heavy (non-hydrogen) atoms. The van der Waals surface area contributed by atoms with Crippen LogP contribution in [0.2, 0.25) is 0 Å². The number of halogens is 1. The van der Waals surface area contributed by atoms with Crippen molar-refractivity contribution >= 4 is 33.3 Å². The van der Waals surface area contributed by atoms with Crippen molar-refractivity contribution in [3.63, 3.8) is 0 Å².